The van der Waals surface area contributed by atoms with Gasteiger partial charge in [0.2, 0.25) is 5.91 Å². The van der Waals surface area contributed by atoms with Crippen molar-refractivity contribution in [3.05, 3.63) is 0 Å². The highest BCUT2D eigenvalue weighted by molar-refractivity contribution is 5.89. The highest BCUT2D eigenvalue weighted by Crippen LogP contribution is 2.58. The van der Waals surface area contributed by atoms with E-state index in [2.05, 4.69) is 0 Å². The minimum absolute atomic E-state index is 0.0557. The fourth-order valence-electron chi connectivity index (χ4n) is 4.25. The second-order valence-corrected chi connectivity index (χ2v) is 6.87. The number of ether oxygens (including phenoxy) is 1. The van der Waals surface area contributed by atoms with Crippen molar-refractivity contribution in [1.82, 2.24) is 4.90 Å². The largest absolute Gasteiger partial charge is 0.396 e. The number of nitrogens with zero attached hydrogens (tertiary/aromatic N) is 1. The maximum Gasteiger partial charge on any atom is 0.243 e. The number of fused-ring (bicyclic) bond motifs is 1. The summed E-state index contributed by atoms with van der Waals surface area (Å²) < 4.78 is 5.73. The van der Waals surface area contributed by atoms with Crippen LogP contribution in [0.25, 0.3) is 0 Å². The molecule has 1 amide bonds. The average Bonchev–Trinajstić information content (AvgIpc) is 3.04. The van der Waals surface area contributed by atoms with Crippen molar-refractivity contribution in [3.63, 3.8) is 0 Å². The molecule has 0 aromatic heterocycles. The van der Waals surface area contributed by atoms with Gasteiger partial charge in [0.1, 0.15) is 5.54 Å². The van der Waals surface area contributed by atoms with Crippen molar-refractivity contribution in [1.29, 1.82) is 0 Å². The Morgan fingerprint density at radius 2 is 2.21 bits per heavy atom. The van der Waals surface area contributed by atoms with Crippen molar-refractivity contribution in [2.45, 2.75) is 38.3 Å². The summed E-state index contributed by atoms with van der Waals surface area (Å²) in [5.74, 6) is 0.426. The monoisotopic (exact) mass is 268 g/mol. The van der Waals surface area contributed by atoms with Crippen LogP contribution in [0.5, 0.6) is 0 Å². The molecule has 0 aromatic rings. The van der Waals surface area contributed by atoms with Crippen molar-refractivity contribution in [3.8, 4) is 0 Å². The summed E-state index contributed by atoms with van der Waals surface area (Å²) in [5.41, 5.74) is 5.45. The van der Waals surface area contributed by atoms with Crippen molar-refractivity contribution in [2.75, 3.05) is 26.3 Å². The van der Waals surface area contributed by atoms with E-state index in [1.165, 1.54) is 0 Å². The molecule has 108 valence electrons. The molecule has 5 nitrogen and oxygen atoms in total. The van der Waals surface area contributed by atoms with Crippen molar-refractivity contribution >= 4 is 5.91 Å². The van der Waals surface area contributed by atoms with Crippen molar-refractivity contribution < 1.29 is 14.6 Å². The number of likely N-dealkylation sites (tertiary alicyclic amines) is 1. The molecule has 0 bridgehead atoms. The summed E-state index contributed by atoms with van der Waals surface area (Å²) in [5, 5.41) is 9.20. The quantitative estimate of drug-likeness (QED) is 0.737. The second kappa shape index (κ2) is 4.17. The smallest absolute Gasteiger partial charge is 0.243 e. The number of rotatable bonds is 2. The molecule has 2 saturated heterocycles. The SMILES string of the molecule is CC1(C)C2OCCC2C1(N)C(=O)N1CCC(CO)C1. The van der Waals surface area contributed by atoms with Gasteiger partial charge in [-0.2, -0.15) is 0 Å². The zero-order valence-electron chi connectivity index (χ0n) is 11.8. The molecule has 0 radical (unpaired) electrons. The highest BCUT2D eigenvalue weighted by Gasteiger charge is 2.72. The van der Waals surface area contributed by atoms with E-state index in [1.807, 2.05) is 18.7 Å². The van der Waals surface area contributed by atoms with Gasteiger partial charge < -0.3 is 20.5 Å². The number of hydrogen-bond acceptors (Lipinski definition) is 4. The Kier molecular flexibility index (Phi) is 2.93. The first-order chi connectivity index (χ1) is 8.92. The maximum atomic E-state index is 12.8. The van der Waals surface area contributed by atoms with E-state index >= 15 is 0 Å². The lowest BCUT2D eigenvalue weighted by molar-refractivity contribution is -0.183. The third-order valence-corrected chi connectivity index (χ3v) is 5.64. The molecule has 3 rings (SSSR count). The van der Waals surface area contributed by atoms with Gasteiger partial charge in [-0.1, -0.05) is 13.8 Å². The van der Waals surface area contributed by atoms with E-state index in [-0.39, 0.29) is 35.9 Å². The fraction of sp³-hybridized carbons (Fsp3) is 0.929. The molecule has 3 aliphatic rings. The lowest BCUT2D eigenvalue weighted by atomic mass is 9.47. The van der Waals surface area contributed by atoms with E-state index in [0.29, 0.717) is 13.2 Å². The summed E-state index contributed by atoms with van der Waals surface area (Å²) in [6, 6.07) is 0. The first-order valence-electron chi connectivity index (χ1n) is 7.23. The van der Waals surface area contributed by atoms with Crippen LogP contribution in [-0.4, -0.2) is 53.9 Å². The highest BCUT2D eigenvalue weighted by atomic mass is 16.5. The Morgan fingerprint density at radius 3 is 2.84 bits per heavy atom. The third kappa shape index (κ3) is 1.55. The molecular weight excluding hydrogens is 244 g/mol. The Labute approximate surface area is 114 Å². The predicted molar refractivity (Wildman–Crippen MR) is 70.3 cm³/mol. The first kappa shape index (κ1) is 13.3. The number of aliphatic hydroxyl groups excluding tert-OH is 1. The van der Waals surface area contributed by atoms with Crippen LogP contribution in [0.4, 0.5) is 0 Å². The molecule has 3 N–H and O–H groups in total. The van der Waals surface area contributed by atoms with E-state index in [1.54, 1.807) is 0 Å². The lowest BCUT2D eigenvalue weighted by Crippen LogP contribution is -2.80. The number of amides is 1. The van der Waals surface area contributed by atoms with Crippen LogP contribution in [0.3, 0.4) is 0 Å². The van der Waals surface area contributed by atoms with Crippen LogP contribution in [0.2, 0.25) is 0 Å². The van der Waals surface area contributed by atoms with Crippen LogP contribution in [0, 0.1) is 17.3 Å². The summed E-state index contributed by atoms with van der Waals surface area (Å²) in [4.78, 5) is 14.7. The van der Waals surface area contributed by atoms with Gasteiger partial charge in [-0.05, 0) is 12.8 Å². The number of carbonyl (C=O) groups is 1. The van der Waals surface area contributed by atoms with Gasteiger partial charge in [-0.3, -0.25) is 4.79 Å². The molecule has 0 aromatic carbocycles. The van der Waals surface area contributed by atoms with Gasteiger partial charge in [0.25, 0.3) is 0 Å². The topological polar surface area (TPSA) is 75.8 Å². The third-order valence-electron chi connectivity index (χ3n) is 5.64. The molecule has 1 aliphatic carbocycles. The van der Waals surface area contributed by atoms with Gasteiger partial charge >= 0.3 is 0 Å². The first-order valence-corrected chi connectivity index (χ1v) is 7.23. The van der Waals surface area contributed by atoms with E-state index in [4.69, 9.17) is 10.5 Å². The van der Waals surface area contributed by atoms with Crippen LogP contribution < -0.4 is 5.73 Å². The Bertz CT molecular complexity index is 398. The Hall–Kier alpha value is -0.650. The summed E-state index contributed by atoms with van der Waals surface area (Å²) in [7, 11) is 0. The molecule has 2 aliphatic heterocycles. The molecule has 4 unspecified atom stereocenters. The molecule has 3 fully saturated rings. The van der Waals surface area contributed by atoms with E-state index in [0.717, 1.165) is 19.4 Å². The minimum atomic E-state index is -0.793. The van der Waals surface area contributed by atoms with Gasteiger partial charge in [0.05, 0.1) is 6.10 Å². The van der Waals surface area contributed by atoms with Gasteiger partial charge in [0.15, 0.2) is 0 Å². The summed E-state index contributed by atoms with van der Waals surface area (Å²) >= 11 is 0. The molecule has 4 atom stereocenters. The standard InChI is InChI=1S/C14H24N2O3/c1-13(2)11-10(4-6-19-11)14(13,15)12(18)16-5-3-9(7-16)8-17/h9-11,17H,3-8,15H2,1-2H3. The van der Waals surface area contributed by atoms with Gasteiger partial charge in [0, 0.05) is 43.6 Å². The fourth-order valence-corrected chi connectivity index (χ4v) is 4.25. The summed E-state index contributed by atoms with van der Waals surface area (Å²) in [6.07, 6.45) is 1.88. The molecule has 2 heterocycles. The molecule has 19 heavy (non-hydrogen) atoms. The van der Waals surface area contributed by atoms with Crippen LogP contribution >= 0.6 is 0 Å². The average molecular weight is 268 g/mol. The molecule has 5 heteroatoms. The zero-order valence-corrected chi connectivity index (χ0v) is 11.8. The Balaban J connectivity index is 1.79. The zero-order chi connectivity index (χ0) is 13.8. The summed E-state index contributed by atoms with van der Waals surface area (Å²) in [6.45, 7) is 6.30. The van der Waals surface area contributed by atoms with Crippen LogP contribution in [-0.2, 0) is 9.53 Å². The lowest BCUT2D eigenvalue weighted by Gasteiger charge is -2.61. The molecule has 1 saturated carbocycles. The molecular formula is C14H24N2O3. The molecule has 0 spiro atoms. The number of aliphatic hydroxyl groups is 1. The van der Waals surface area contributed by atoms with Crippen molar-refractivity contribution in [2.24, 2.45) is 23.0 Å². The number of nitrogens with two attached hydrogens (primary N) is 1. The van der Waals surface area contributed by atoms with Crippen LogP contribution in [0.1, 0.15) is 26.7 Å². The minimum Gasteiger partial charge on any atom is -0.396 e. The van der Waals surface area contributed by atoms with E-state index in [9.17, 15) is 9.90 Å². The van der Waals surface area contributed by atoms with Crippen LogP contribution in [0.15, 0.2) is 0 Å². The predicted octanol–water partition coefficient (Wildman–Crippen LogP) is -0.0304. The van der Waals surface area contributed by atoms with E-state index < -0.39 is 5.54 Å². The normalized spacial score (nSPS) is 44.0. The maximum absolute atomic E-state index is 12.8. The second-order valence-electron chi connectivity index (χ2n) is 6.87. The van der Waals surface area contributed by atoms with Gasteiger partial charge in [-0.25, -0.2) is 0 Å². The van der Waals surface area contributed by atoms with Gasteiger partial charge in [-0.15, -0.1) is 0 Å². The Morgan fingerprint density at radius 1 is 1.47 bits per heavy atom. The number of hydrogen-bond donors (Lipinski definition) is 2. The number of carbonyl (C=O) groups excluding carboxylic acids is 1.